The molecule has 2 aromatic heterocycles. The van der Waals surface area contributed by atoms with Gasteiger partial charge in [-0.1, -0.05) is 11.6 Å². The summed E-state index contributed by atoms with van der Waals surface area (Å²) < 4.78 is 0. The minimum Gasteiger partial charge on any atom is -0.290 e. The van der Waals surface area contributed by atoms with Gasteiger partial charge in [0.1, 0.15) is 5.15 Å². The molecule has 0 aromatic carbocycles. The zero-order valence-electron chi connectivity index (χ0n) is 7.96. The highest BCUT2D eigenvalue weighted by Gasteiger charge is 2.07. The van der Waals surface area contributed by atoms with Gasteiger partial charge in [-0.15, -0.1) is 0 Å². The van der Waals surface area contributed by atoms with E-state index in [0.29, 0.717) is 5.56 Å². The Hall–Kier alpha value is -2.08. The molecule has 0 radical (unpaired) electrons. The van der Waals surface area contributed by atoms with E-state index in [1.807, 2.05) is 0 Å². The van der Waals surface area contributed by atoms with Crippen LogP contribution in [0.4, 0.5) is 5.95 Å². The molecule has 0 aliphatic rings. The first kappa shape index (κ1) is 10.4. The highest BCUT2D eigenvalue weighted by atomic mass is 35.5. The largest absolute Gasteiger partial charge is 0.290 e. The van der Waals surface area contributed by atoms with Crippen LogP contribution in [0, 0.1) is 0 Å². The molecule has 0 saturated carbocycles. The number of carbonyl (C=O) groups is 1. The first-order valence-corrected chi connectivity index (χ1v) is 4.70. The number of nitrogens with one attached hydrogen (secondary N) is 1. The molecular weight excluding hydrogens is 230 g/mol. The lowest BCUT2D eigenvalue weighted by molar-refractivity contribution is 0.102. The minimum absolute atomic E-state index is 0.148. The first-order valence-electron chi connectivity index (χ1n) is 4.32. The van der Waals surface area contributed by atoms with Gasteiger partial charge in [-0.3, -0.25) is 10.1 Å². The van der Waals surface area contributed by atoms with Gasteiger partial charge in [0.05, 0.1) is 18.0 Å². The van der Waals surface area contributed by atoms with E-state index in [1.54, 1.807) is 0 Å². The molecule has 80 valence electrons. The fourth-order valence-corrected chi connectivity index (χ4v) is 1.13. The summed E-state index contributed by atoms with van der Waals surface area (Å²) in [5, 5.41) is 9.90. The second-order valence-corrected chi connectivity index (χ2v) is 3.18. The summed E-state index contributed by atoms with van der Waals surface area (Å²) in [7, 11) is 0. The summed E-state index contributed by atoms with van der Waals surface area (Å²) in [5.41, 5.74) is 0.374. The number of anilines is 1. The fraction of sp³-hybridized carbons (Fsp3) is 0. The summed E-state index contributed by atoms with van der Waals surface area (Å²) in [6.07, 6.45) is 4.23. The summed E-state index contributed by atoms with van der Waals surface area (Å²) in [6, 6.07) is 3.05. The number of hydrogen-bond donors (Lipinski definition) is 1. The molecule has 7 heteroatoms. The van der Waals surface area contributed by atoms with Gasteiger partial charge < -0.3 is 0 Å². The molecule has 0 spiro atoms. The monoisotopic (exact) mass is 235 g/mol. The normalized spacial score (nSPS) is 9.81. The van der Waals surface area contributed by atoms with Gasteiger partial charge in [-0.25, -0.2) is 9.97 Å². The molecule has 0 aliphatic heterocycles. The van der Waals surface area contributed by atoms with E-state index in [9.17, 15) is 4.79 Å². The molecule has 0 bridgehead atoms. The van der Waals surface area contributed by atoms with Crippen molar-refractivity contribution in [1.29, 1.82) is 0 Å². The molecule has 1 amide bonds. The Morgan fingerprint density at radius 3 is 2.81 bits per heavy atom. The molecule has 16 heavy (non-hydrogen) atoms. The van der Waals surface area contributed by atoms with Gasteiger partial charge in [0.15, 0.2) is 0 Å². The van der Waals surface area contributed by atoms with E-state index < -0.39 is 0 Å². The van der Waals surface area contributed by atoms with E-state index in [2.05, 4.69) is 25.5 Å². The van der Waals surface area contributed by atoms with Crippen LogP contribution in [0.5, 0.6) is 0 Å². The quantitative estimate of drug-likeness (QED) is 0.791. The standard InChI is InChI=1S/C9H6ClN5O/c10-7-2-3-11-9(14-7)15-8(16)6-1-4-12-13-5-6/h1-5H,(H,11,14,15,16). The molecule has 0 saturated heterocycles. The Kier molecular flexibility index (Phi) is 3.02. The van der Waals surface area contributed by atoms with Gasteiger partial charge in [-0.2, -0.15) is 10.2 Å². The van der Waals surface area contributed by atoms with E-state index in [-0.39, 0.29) is 17.0 Å². The number of carbonyl (C=O) groups excluding carboxylic acids is 1. The van der Waals surface area contributed by atoms with Gasteiger partial charge >= 0.3 is 0 Å². The Morgan fingerprint density at radius 2 is 2.12 bits per heavy atom. The number of halogens is 1. The van der Waals surface area contributed by atoms with Crippen molar-refractivity contribution in [2.45, 2.75) is 0 Å². The Balaban J connectivity index is 2.14. The van der Waals surface area contributed by atoms with E-state index in [1.165, 1.54) is 30.7 Å². The van der Waals surface area contributed by atoms with Crippen molar-refractivity contribution in [3.63, 3.8) is 0 Å². The summed E-state index contributed by atoms with van der Waals surface area (Å²) in [4.78, 5) is 19.3. The summed E-state index contributed by atoms with van der Waals surface area (Å²) >= 11 is 5.65. The summed E-state index contributed by atoms with van der Waals surface area (Å²) in [5.74, 6) is -0.216. The van der Waals surface area contributed by atoms with Crippen LogP contribution in [0.15, 0.2) is 30.7 Å². The molecule has 1 N–H and O–H groups in total. The number of aromatic nitrogens is 4. The number of rotatable bonds is 2. The van der Waals surface area contributed by atoms with Gasteiger partial charge in [0, 0.05) is 6.20 Å². The van der Waals surface area contributed by atoms with Crippen molar-refractivity contribution in [1.82, 2.24) is 20.2 Å². The molecule has 0 aliphatic carbocycles. The lowest BCUT2D eigenvalue weighted by atomic mass is 10.3. The average molecular weight is 236 g/mol. The van der Waals surface area contributed by atoms with Crippen LogP contribution in [-0.4, -0.2) is 26.1 Å². The second kappa shape index (κ2) is 4.63. The molecule has 0 fully saturated rings. The molecule has 2 heterocycles. The third kappa shape index (κ3) is 2.48. The van der Waals surface area contributed by atoms with Crippen molar-refractivity contribution in [2.75, 3.05) is 5.32 Å². The van der Waals surface area contributed by atoms with Crippen LogP contribution in [-0.2, 0) is 0 Å². The number of amides is 1. The van der Waals surface area contributed by atoms with Crippen LogP contribution in [0.2, 0.25) is 5.15 Å². The van der Waals surface area contributed by atoms with Crippen LogP contribution < -0.4 is 5.32 Å². The number of nitrogens with zero attached hydrogens (tertiary/aromatic N) is 4. The van der Waals surface area contributed by atoms with Crippen LogP contribution in [0.3, 0.4) is 0 Å². The van der Waals surface area contributed by atoms with Crippen molar-refractivity contribution in [3.8, 4) is 0 Å². The summed E-state index contributed by atoms with van der Waals surface area (Å²) in [6.45, 7) is 0. The molecule has 6 nitrogen and oxygen atoms in total. The van der Waals surface area contributed by atoms with Gasteiger partial charge in [0.25, 0.3) is 5.91 Å². The average Bonchev–Trinajstić information content (AvgIpc) is 2.30. The van der Waals surface area contributed by atoms with E-state index in [0.717, 1.165) is 0 Å². The predicted molar refractivity (Wildman–Crippen MR) is 57.0 cm³/mol. The molecule has 2 aromatic rings. The Morgan fingerprint density at radius 1 is 1.25 bits per heavy atom. The first-order chi connectivity index (χ1) is 7.75. The smallest absolute Gasteiger partial charge is 0.259 e. The van der Waals surface area contributed by atoms with Crippen molar-refractivity contribution in [3.05, 3.63) is 41.4 Å². The van der Waals surface area contributed by atoms with Crippen molar-refractivity contribution in [2.24, 2.45) is 0 Å². The third-order valence-electron chi connectivity index (χ3n) is 1.69. The lowest BCUT2D eigenvalue weighted by Crippen LogP contribution is -2.14. The minimum atomic E-state index is -0.364. The highest BCUT2D eigenvalue weighted by Crippen LogP contribution is 2.06. The van der Waals surface area contributed by atoms with Crippen LogP contribution >= 0.6 is 11.6 Å². The van der Waals surface area contributed by atoms with Gasteiger partial charge in [-0.05, 0) is 12.1 Å². The second-order valence-electron chi connectivity index (χ2n) is 2.79. The van der Waals surface area contributed by atoms with E-state index >= 15 is 0 Å². The third-order valence-corrected chi connectivity index (χ3v) is 1.90. The zero-order chi connectivity index (χ0) is 11.4. The molecule has 0 atom stereocenters. The maximum atomic E-state index is 11.6. The van der Waals surface area contributed by atoms with Crippen molar-refractivity contribution < 1.29 is 4.79 Å². The maximum absolute atomic E-state index is 11.6. The molecule has 0 unspecified atom stereocenters. The SMILES string of the molecule is O=C(Nc1nccc(Cl)n1)c1ccnnc1. The van der Waals surface area contributed by atoms with Gasteiger partial charge in [0.2, 0.25) is 5.95 Å². The maximum Gasteiger partial charge on any atom is 0.259 e. The Labute approximate surface area is 95.7 Å². The topological polar surface area (TPSA) is 80.7 Å². The van der Waals surface area contributed by atoms with Crippen LogP contribution in [0.1, 0.15) is 10.4 Å². The number of hydrogen-bond acceptors (Lipinski definition) is 5. The van der Waals surface area contributed by atoms with Crippen LogP contribution in [0.25, 0.3) is 0 Å². The Bertz CT molecular complexity index is 504. The highest BCUT2D eigenvalue weighted by molar-refractivity contribution is 6.29. The predicted octanol–water partition coefficient (Wildman–Crippen LogP) is 1.17. The molecule has 2 rings (SSSR count). The fourth-order valence-electron chi connectivity index (χ4n) is 0.996. The van der Waals surface area contributed by atoms with E-state index in [4.69, 9.17) is 11.6 Å². The van der Waals surface area contributed by atoms with Crippen molar-refractivity contribution >= 4 is 23.5 Å². The zero-order valence-corrected chi connectivity index (χ0v) is 8.72. The molecular formula is C9H6ClN5O. The lowest BCUT2D eigenvalue weighted by Gasteiger charge is -2.02.